The molecule has 0 unspecified atom stereocenters. The number of carbonyl (C=O) groups excluding carboxylic acids is 3. The molecule has 2 aliphatic rings. The van der Waals surface area contributed by atoms with Crippen LogP contribution in [0.4, 0.5) is 4.79 Å². The summed E-state index contributed by atoms with van der Waals surface area (Å²) in [5.74, 6) is 0.311. The van der Waals surface area contributed by atoms with Gasteiger partial charge in [-0.2, -0.15) is 0 Å². The molecule has 7 nitrogen and oxygen atoms in total. The van der Waals surface area contributed by atoms with Gasteiger partial charge < -0.3 is 15.0 Å². The number of nitrogens with zero attached hydrogens (tertiary/aromatic N) is 2. The molecule has 0 spiro atoms. The van der Waals surface area contributed by atoms with Crippen LogP contribution in [0.25, 0.3) is 0 Å². The molecule has 4 amide bonds. The third-order valence-corrected chi connectivity index (χ3v) is 5.33. The lowest BCUT2D eigenvalue weighted by molar-refractivity contribution is -0.138. The summed E-state index contributed by atoms with van der Waals surface area (Å²) >= 11 is 3.37. The number of ether oxygens (including phenoxy) is 1. The Balaban J connectivity index is 1.75. The van der Waals surface area contributed by atoms with Crippen LogP contribution < -0.4 is 10.1 Å². The highest BCUT2D eigenvalue weighted by atomic mass is 79.9. The Kier molecular flexibility index (Phi) is 5.50. The van der Waals surface area contributed by atoms with Gasteiger partial charge in [-0.15, -0.1) is 0 Å². The Hall–Kier alpha value is -2.09. The second kappa shape index (κ2) is 7.65. The summed E-state index contributed by atoms with van der Waals surface area (Å²) in [6, 6.07) is 3.84. The highest BCUT2D eigenvalue weighted by Gasteiger charge is 2.41. The zero-order chi connectivity index (χ0) is 18.8. The number of amides is 4. The Morgan fingerprint density at radius 1 is 1.38 bits per heavy atom. The Morgan fingerprint density at radius 3 is 2.85 bits per heavy atom. The van der Waals surface area contributed by atoms with E-state index in [1.807, 2.05) is 0 Å². The minimum Gasteiger partial charge on any atom is -0.496 e. The molecule has 1 N–H and O–H groups in total. The minimum atomic E-state index is -0.858. The third-order valence-electron chi connectivity index (χ3n) is 4.83. The van der Waals surface area contributed by atoms with Crippen LogP contribution in [0.5, 0.6) is 5.75 Å². The number of urea groups is 1. The Morgan fingerprint density at radius 2 is 2.15 bits per heavy atom. The van der Waals surface area contributed by atoms with E-state index in [-0.39, 0.29) is 12.5 Å². The first kappa shape index (κ1) is 18.7. The van der Waals surface area contributed by atoms with Gasteiger partial charge in [0, 0.05) is 23.1 Å². The maximum absolute atomic E-state index is 12.8. The van der Waals surface area contributed by atoms with Crippen molar-refractivity contribution < 1.29 is 19.1 Å². The van der Waals surface area contributed by atoms with Crippen molar-refractivity contribution in [2.24, 2.45) is 5.92 Å². The maximum atomic E-state index is 12.8. The number of hydrogen-bond donors (Lipinski definition) is 1. The van der Waals surface area contributed by atoms with Crippen molar-refractivity contribution in [2.75, 3.05) is 26.7 Å². The van der Waals surface area contributed by atoms with E-state index in [2.05, 4.69) is 28.2 Å². The standard InChI is InChI=1S/C18H22BrN3O4/c1-11-4-3-7-21(9-11)15(23)10-22-17(24)16(20-18(22)25)13-8-12(19)5-6-14(13)26-2/h5-6,8,11,16H,3-4,7,9-10H2,1-2H3,(H,20,25)/t11-,16-/m1/s1. The molecule has 1 aromatic rings. The second-order valence-corrected chi connectivity index (χ2v) is 7.70. The number of piperidine rings is 1. The molecular formula is C18H22BrN3O4. The quantitative estimate of drug-likeness (QED) is 0.753. The molecule has 8 heteroatoms. The van der Waals surface area contributed by atoms with E-state index in [0.29, 0.717) is 30.3 Å². The number of likely N-dealkylation sites (tertiary alicyclic amines) is 1. The van der Waals surface area contributed by atoms with Gasteiger partial charge in [-0.1, -0.05) is 22.9 Å². The van der Waals surface area contributed by atoms with Crippen LogP contribution in [0, 0.1) is 5.92 Å². The highest BCUT2D eigenvalue weighted by Crippen LogP contribution is 2.32. The van der Waals surface area contributed by atoms with E-state index < -0.39 is 18.0 Å². The molecule has 2 heterocycles. The molecule has 2 fully saturated rings. The number of imide groups is 1. The SMILES string of the molecule is COc1ccc(Br)cc1[C@H]1NC(=O)N(CC(=O)N2CCC[C@@H](C)C2)C1=O. The lowest BCUT2D eigenvalue weighted by Gasteiger charge is -2.31. The Labute approximate surface area is 160 Å². The summed E-state index contributed by atoms with van der Waals surface area (Å²) in [6.07, 6.45) is 2.04. The van der Waals surface area contributed by atoms with Crippen LogP contribution in [0.15, 0.2) is 22.7 Å². The first-order valence-corrected chi connectivity index (χ1v) is 9.43. The molecule has 26 heavy (non-hydrogen) atoms. The van der Waals surface area contributed by atoms with E-state index in [9.17, 15) is 14.4 Å². The van der Waals surface area contributed by atoms with E-state index in [0.717, 1.165) is 22.2 Å². The lowest BCUT2D eigenvalue weighted by atomic mass is 10.0. The normalized spacial score (nSPS) is 23.2. The molecule has 140 valence electrons. The molecule has 2 saturated heterocycles. The van der Waals surface area contributed by atoms with E-state index in [4.69, 9.17) is 4.74 Å². The number of methoxy groups -OCH3 is 1. The van der Waals surface area contributed by atoms with Gasteiger partial charge in [0.05, 0.1) is 7.11 Å². The van der Waals surface area contributed by atoms with Gasteiger partial charge in [-0.3, -0.25) is 14.5 Å². The summed E-state index contributed by atoms with van der Waals surface area (Å²) < 4.78 is 6.07. The summed E-state index contributed by atoms with van der Waals surface area (Å²) in [5, 5.41) is 2.65. The number of halogens is 1. The molecule has 0 aliphatic carbocycles. The monoisotopic (exact) mass is 423 g/mol. The largest absolute Gasteiger partial charge is 0.496 e. The van der Waals surface area contributed by atoms with Crippen molar-refractivity contribution in [2.45, 2.75) is 25.8 Å². The number of hydrogen-bond acceptors (Lipinski definition) is 4. The van der Waals surface area contributed by atoms with E-state index in [1.165, 1.54) is 7.11 Å². The smallest absolute Gasteiger partial charge is 0.325 e. The molecule has 0 bridgehead atoms. The fourth-order valence-corrected chi connectivity index (χ4v) is 3.84. The van der Waals surface area contributed by atoms with Crippen molar-refractivity contribution >= 4 is 33.8 Å². The number of rotatable bonds is 4. The Bertz CT molecular complexity index is 739. The lowest BCUT2D eigenvalue weighted by Crippen LogP contribution is -2.46. The number of benzene rings is 1. The number of carbonyl (C=O) groups is 3. The first-order valence-electron chi connectivity index (χ1n) is 8.63. The van der Waals surface area contributed by atoms with E-state index in [1.54, 1.807) is 23.1 Å². The molecule has 2 atom stereocenters. The van der Waals surface area contributed by atoms with Gasteiger partial charge in [0.15, 0.2) is 0 Å². The van der Waals surface area contributed by atoms with Gasteiger partial charge >= 0.3 is 6.03 Å². The topological polar surface area (TPSA) is 79.0 Å². The van der Waals surface area contributed by atoms with Crippen LogP contribution in [0.1, 0.15) is 31.4 Å². The molecule has 0 aromatic heterocycles. The van der Waals surface area contributed by atoms with Crippen LogP contribution in [0.3, 0.4) is 0 Å². The average molecular weight is 424 g/mol. The molecule has 0 radical (unpaired) electrons. The van der Waals surface area contributed by atoms with Crippen molar-refractivity contribution in [3.63, 3.8) is 0 Å². The molecule has 2 aliphatic heterocycles. The zero-order valence-corrected chi connectivity index (χ0v) is 16.4. The van der Waals surface area contributed by atoms with Crippen LogP contribution in [0.2, 0.25) is 0 Å². The van der Waals surface area contributed by atoms with Gasteiger partial charge in [-0.25, -0.2) is 4.79 Å². The first-order chi connectivity index (χ1) is 12.4. The zero-order valence-electron chi connectivity index (χ0n) is 14.8. The summed E-state index contributed by atoms with van der Waals surface area (Å²) in [7, 11) is 1.51. The maximum Gasteiger partial charge on any atom is 0.325 e. The fourth-order valence-electron chi connectivity index (χ4n) is 3.46. The van der Waals surface area contributed by atoms with Crippen LogP contribution in [-0.2, 0) is 9.59 Å². The third kappa shape index (κ3) is 3.70. The van der Waals surface area contributed by atoms with Crippen molar-refractivity contribution in [3.8, 4) is 5.75 Å². The van der Waals surface area contributed by atoms with Crippen molar-refractivity contribution in [3.05, 3.63) is 28.2 Å². The fraction of sp³-hybridized carbons (Fsp3) is 0.500. The van der Waals surface area contributed by atoms with Gasteiger partial charge in [0.1, 0.15) is 18.3 Å². The second-order valence-electron chi connectivity index (χ2n) is 6.78. The van der Waals surface area contributed by atoms with Crippen LogP contribution >= 0.6 is 15.9 Å². The molecule has 0 saturated carbocycles. The number of nitrogens with one attached hydrogen (secondary N) is 1. The van der Waals surface area contributed by atoms with Crippen LogP contribution in [-0.4, -0.2) is 54.4 Å². The highest BCUT2D eigenvalue weighted by molar-refractivity contribution is 9.10. The van der Waals surface area contributed by atoms with Gasteiger partial charge in [-0.05, 0) is 37.0 Å². The predicted octanol–water partition coefficient (Wildman–Crippen LogP) is 2.31. The minimum absolute atomic E-state index is 0.193. The van der Waals surface area contributed by atoms with Gasteiger partial charge in [0.25, 0.3) is 5.91 Å². The van der Waals surface area contributed by atoms with Gasteiger partial charge in [0.2, 0.25) is 5.91 Å². The van der Waals surface area contributed by atoms with Crippen molar-refractivity contribution in [1.82, 2.24) is 15.1 Å². The van der Waals surface area contributed by atoms with E-state index >= 15 is 0 Å². The molecule has 3 rings (SSSR count). The predicted molar refractivity (Wildman–Crippen MR) is 98.7 cm³/mol. The summed E-state index contributed by atoms with van der Waals surface area (Å²) in [5.41, 5.74) is 0.557. The summed E-state index contributed by atoms with van der Waals surface area (Å²) in [4.78, 5) is 40.3. The summed E-state index contributed by atoms with van der Waals surface area (Å²) in [6.45, 7) is 3.22. The molecule has 1 aromatic carbocycles. The average Bonchev–Trinajstić information content (AvgIpc) is 2.89. The van der Waals surface area contributed by atoms with Crippen molar-refractivity contribution in [1.29, 1.82) is 0 Å². The molecular weight excluding hydrogens is 402 g/mol.